The minimum absolute atomic E-state index is 0.156. The Hall–Kier alpha value is -1.35. The fourth-order valence-corrected chi connectivity index (χ4v) is 2.49. The van der Waals surface area contributed by atoms with Crippen LogP contribution in [0.4, 0.5) is 0 Å². The van der Waals surface area contributed by atoms with Gasteiger partial charge in [0, 0.05) is 19.5 Å². The fraction of sp³-hybridized carbons (Fsp3) is 0.611. The van der Waals surface area contributed by atoms with Gasteiger partial charge in [0.05, 0.1) is 0 Å². The lowest BCUT2D eigenvalue weighted by Gasteiger charge is -2.26. The molecule has 0 heterocycles. The molecule has 1 rings (SSSR count). The molecular formula is C18H30N2O. The van der Waals surface area contributed by atoms with E-state index in [2.05, 4.69) is 26.0 Å². The van der Waals surface area contributed by atoms with Gasteiger partial charge in [0.1, 0.15) is 0 Å². The zero-order valence-electron chi connectivity index (χ0n) is 13.8. The maximum atomic E-state index is 12.3. The summed E-state index contributed by atoms with van der Waals surface area (Å²) in [6, 6.07) is 10.3. The number of nitrogens with two attached hydrogens (primary N) is 1. The molecule has 21 heavy (non-hydrogen) atoms. The number of carbonyl (C=O) groups excluding carboxylic acids is 1. The minimum atomic E-state index is 0.156. The van der Waals surface area contributed by atoms with E-state index >= 15 is 0 Å². The van der Waals surface area contributed by atoms with E-state index in [0.29, 0.717) is 13.0 Å². The van der Waals surface area contributed by atoms with Gasteiger partial charge in [-0.2, -0.15) is 0 Å². The van der Waals surface area contributed by atoms with Crippen molar-refractivity contribution < 1.29 is 4.79 Å². The molecule has 0 saturated carbocycles. The van der Waals surface area contributed by atoms with E-state index in [4.69, 9.17) is 5.73 Å². The van der Waals surface area contributed by atoms with Crippen LogP contribution in [0.3, 0.4) is 0 Å². The van der Waals surface area contributed by atoms with Crippen LogP contribution >= 0.6 is 0 Å². The average Bonchev–Trinajstić information content (AvgIpc) is 2.47. The van der Waals surface area contributed by atoms with Crippen LogP contribution in [0.2, 0.25) is 0 Å². The second kappa shape index (κ2) is 8.83. The van der Waals surface area contributed by atoms with E-state index in [1.165, 1.54) is 5.56 Å². The Balaban J connectivity index is 2.42. The summed E-state index contributed by atoms with van der Waals surface area (Å²) in [4.78, 5) is 14.3. The SMILES string of the molecule is CCN(CCc1ccccc1)C(=O)CCC(C)(C)CCN. The molecular weight excluding hydrogens is 260 g/mol. The summed E-state index contributed by atoms with van der Waals surface area (Å²) in [5.41, 5.74) is 7.06. The predicted molar refractivity (Wildman–Crippen MR) is 89.1 cm³/mol. The van der Waals surface area contributed by atoms with Gasteiger partial charge in [-0.3, -0.25) is 4.79 Å². The number of hydrogen-bond donors (Lipinski definition) is 1. The molecule has 2 N–H and O–H groups in total. The Kier molecular flexibility index (Phi) is 7.44. The highest BCUT2D eigenvalue weighted by atomic mass is 16.2. The molecule has 0 radical (unpaired) electrons. The molecule has 0 fully saturated rings. The lowest BCUT2D eigenvalue weighted by atomic mass is 9.84. The van der Waals surface area contributed by atoms with Gasteiger partial charge in [-0.25, -0.2) is 0 Å². The minimum Gasteiger partial charge on any atom is -0.343 e. The van der Waals surface area contributed by atoms with Crippen molar-refractivity contribution >= 4 is 5.91 Å². The van der Waals surface area contributed by atoms with E-state index < -0.39 is 0 Å². The van der Waals surface area contributed by atoms with Crippen LogP contribution in [0.15, 0.2) is 30.3 Å². The van der Waals surface area contributed by atoms with E-state index in [1.54, 1.807) is 0 Å². The van der Waals surface area contributed by atoms with E-state index in [0.717, 1.165) is 32.4 Å². The van der Waals surface area contributed by atoms with Crippen LogP contribution in [0, 0.1) is 5.41 Å². The van der Waals surface area contributed by atoms with Gasteiger partial charge in [0.25, 0.3) is 0 Å². The van der Waals surface area contributed by atoms with Crippen molar-refractivity contribution in [1.82, 2.24) is 4.90 Å². The van der Waals surface area contributed by atoms with Gasteiger partial charge in [-0.05, 0) is 43.7 Å². The van der Waals surface area contributed by atoms with Crippen molar-refractivity contribution in [2.45, 2.75) is 46.5 Å². The molecule has 3 nitrogen and oxygen atoms in total. The van der Waals surface area contributed by atoms with Crippen molar-refractivity contribution in [3.63, 3.8) is 0 Å². The number of carbonyl (C=O) groups is 1. The maximum absolute atomic E-state index is 12.3. The summed E-state index contributed by atoms with van der Waals surface area (Å²) in [5.74, 6) is 0.263. The van der Waals surface area contributed by atoms with Crippen molar-refractivity contribution in [3.8, 4) is 0 Å². The first-order valence-corrected chi connectivity index (χ1v) is 8.00. The molecule has 1 aromatic rings. The predicted octanol–water partition coefficient (Wildman–Crippen LogP) is 3.23. The van der Waals surface area contributed by atoms with E-state index in [1.807, 2.05) is 30.0 Å². The van der Waals surface area contributed by atoms with Crippen molar-refractivity contribution in [1.29, 1.82) is 0 Å². The van der Waals surface area contributed by atoms with Crippen LogP contribution in [0.1, 0.15) is 45.6 Å². The molecule has 3 heteroatoms. The zero-order chi connectivity index (χ0) is 15.7. The van der Waals surface area contributed by atoms with Crippen molar-refractivity contribution in [3.05, 3.63) is 35.9 Å². The molecule has 118 valence electrons. The maximum Gasteiger partial charge on any atom is 0.222 e. The first kappa shape index (κ1) is 17.7. The van der Waals surface area contributed by atoms with Gasteiger partial charge < -0.3 is 10.6 Å². The Labute approximate surface area is 129 Å². The molecule has 0 atom stereocenters. The number of nitrogens with zero attached hydrogens (tertiary/aromatic N) is 1. The average molecular weight is 290 g/mol. The standard InChI is InChI=1S/C18H30N2O/c1-4-20(15-11-16-8-6-5-7-9-16)17(21)10-12-18(2,3)13-14-19/h5-9H,4,10-15,19H2,1-3H3. The van der Waals surface area contributed by atoms with Crippen LogP contribution < -0.4 is 5.73 Å². The number of hydrogen-bond acceptors (Lipinski definition) is 2. The summed E-state index contributed by atoms with van der Waals surface area (Å²) >= 11 is 0. The van der Waals surface area contributed by atoms with Gasteiger partial charge in [0.15, 0.2) is 0 Å². The molecule has 1 amide bonds. The van der Waals surface area contributed by atoms with Crippen LogP contribution in [0.25, 0.3) is 0 Å². The Morgan fingerprint density at radius 3 is 2.43 bits per heavy atom. The molecule has 0 saturated heterocycles. The fourth-order valence-electron chi connectivity index (χ4n) is 2.49. The highest BCUT2D eigenvalue weighted by Gasteiger charge is 2.20. The largest absolute Gasteiger partial charge is 0.343 e. The van der Waals surface area contributed by atoms with Gasteiger partial charge in [-0.15, -0.1) is 0 Å². The molecule has 0 aliphatic carbocycles. The monoisotopic (exact) mass is 290 g/mol. The van der Waals surface area contributed by atoms with E-state index in [9.17, 15) is 4.79 Å². The Morgan fingerprint density at radius 2 is 1.86 bits per heavy atom. The van der Waals surface area contributed by atoms with E-state index in [-0.39, 0.29) is 11.3 Å². The third kappa shape index (κ3) is 6.76. The van der Waals surface area contributed by atoms with Crippen molar-refractivity contribution in [2.24, 2.45) is 11.1 Å². The van der Waals surface area contributed by atoms with Crippen molar-refractivity contribution in [2.75, 3.05) is 19.6 Å². The van der Waals surface area contributed by atoms with Gasteiger partial charge >= 0.3 is 0 Å². The molecule has 1 aromatic carbocycles. The van der Waals surface area contributed by atoms with Gasteiger partial charge in [0.2, 0.25) is 5.91 Å². The normalized spacial score (nSPS) is 11.4. The highest BCUT2D eigenvalue weighted by Crippen LogP contribution is 2.26. The summed E-state index contributed by atoms with van der Waals surface area (Å²) in [6.45, 7) is 8.70. The molecule has 0 bridgehead atoms. The van der Waals surface area contributed by atoms with Crippen LogP contribution in [-0.2, 0) is 11.2 Å². The summed E-state index contributed by atoms with van der Waals surface area (Å²) < 4.78 is 0. The first-order valence-electron chi connectivity index (χ1n) is 8.00. The molecule has 0 aliphatic heterocycles. The second-order valence-corrected chi connectivity index (χ2v) is 6.41. The zero-order valence-corrected chi connectivity index (χ0v) is 13.8. The lowest BCUT2D eigenvalue weighted by molar-refractivity contribution is -0.131. The topological polar surface area (TPSA) is 46.3 Å². The van der Waals surface area contributed by atoms with Gasteiger partial charge in [-0.1, -0.05) is 44.2 Å². The quantitative estimate of drug-likeness (QED) is 0.759. The highest BCUT2D eigenvalue weighted by molar-refractivity contribution is 5.76. The number of amides is 1. The second-order valence-electron chi connectivity index (χ2n) is 6.41. The number of benzene rings is 1. The third-order valence-corrected chi connectivity index (χ3v) is 4.08. The third-order valence-electron chi connectivity index (χ3n) is 4.08. The Morgan fingerprint density at radius 1 is 1.19 bits per heavy atom. The first-order chi connectivity index (χ1) is 9.98. The molecule has 0 spiro atoms. The summed E-state index contributed by atoms with van der Waals surface area (Å²) in [6.07, 6.45) is 3.42. The summed E-state index contributed by atoms with van der Waals surface area (Å²) in [5, 5.41) is 0. The molecule has 0 aromatic heterocycles. The number of likely N-dealkylation sites (N-methyl/N-ethyl adjacent to an activating group) is 1. The van der Waals surface area contributed by atoms with Crippen LogP contribution in [-0.4, -0.2) is 30.4 Å². The number of rotatable bonds is 9. The lowest BCUT2D eigenvalue weighted by Crippen LogP contribution is -2.33. The molecule has 0 aliphatic rings. The molecule has 0 unspecified atom stereocenters. The smallest absolute Gasteiger partial charge is 0.222 e. The summed E-state index contributed by atoms with van der Waals surface area (Å²) in [7, 11) is 0. The van der Waals surface area contributed by atoms with Crippen LogP contribution in [0.5, 0.6) is 0 Å². The Bertz CT molecular complexity index is 414.